The number of thiocarbonyl (C=S) groups is 1. The average molecular weight is 350 g/mol. The number of aromatic nitrogens is 2. The highest BCUT2D eigenvalue weighted by Crippen LogP contribution is 2.19. The first-order chi connectivity index (χ1) is 11.0. The standard InChI is InChI=1S/C15H18N4O2S2/c1-4-12-18-19-15(23-12)17-14(22)16-13(20)10-7-5-6-8-11(10)21-9(2)3/h5-9H,4H2,1-3H3,(H2,16,17,19,20,22). The van der Waals surface area contributed by atoms with Crippen LogP contribution in [-0.2, 0) is 6.42 Å². The monoisotopic (exact) mass is 350 g/mol. The van der Waals surface area contributed by atoms with Crippen LogP contribution in [-0.4, -0.2) is 27.3 Å². The van der Waals surface area contributed by atoms with E-state index in [4.69, 9.17) is 17.0 Å². The zero-order valence-electron chi connectivity index (χ0n) is 13.1. The number of benzene rings is 1. The predicted octanol–water partition coefficient (Wildman–Crippen LogP) is 3.01. The zero-order chi connectivity index (χ0) is 16.8. The maximum absolute atomic E-state index is 12.4. The molecule has 0 saturated heterocycles. The molecule has 1 aromatic carbocycles. The second-order valence-corrected chi connectivity index (χ2v) is 6.40. The summed E-state index contributed by atoms with van der Waals surface area (Å²) in [7, 11) is 0. The zero-order valence-corrected chi connectivity index (χ0v) is 14.8. The quantitative estimate of drug-likeness (QED) is 0.807. The molecule has 0 aliphatic carbocycles. The molecule has 0 spiro atoms. The molecule has 0 atom stereocenters. The summed E-state index contributed by atoms with van der Waals surface area (Å²) in [5, 5.41) is 15.1. The number of amides is 1. The van der Waals surface area contributed by atoms with Crippen molar-refractivity contribution in [2.75, 3.05) is 5.32 Å². The van der Waals surface area contributed by atoms with E-state index in [2.05, 4.69) is 20.8 Å². The number of nitrogens with zero attached hydrogens (tertiary/aromatic N) is 2. The third-order valence-corrected chi connectivity index (χ3v) is 3.90. The van der Waals surface area contributed by atoms with Crippen LogP contribution in [0.4, 0.5) is 5.13 Å². The Morgan fingerprint density at radius 3 is 2.74 bits per heavy atom. The first-order valence-corrected chi connectivity index (χ1v) is 8.42. The molecule has 122 valence electrons. The Morgan fingerprint density at radius 1 is 1.35 bits per heavy atom. The van der Waals surface area contributed by atoms with E-state index in [-0.39, 0.29) is 17.1 Å². The Kier molecular flexibility index (Phi) is 6.00. The molecule has 2 rings (SSSR count). The van der Waals surface area contributed by atoms with Crippen LogP contribution in [0, 0.1) is 0 Å². The van der Waals surface area contributed by atoms with Gasteiger partial charge in [-0.15, -0.1) is 10.2 Å². The van der Waals surface area contributed by atoms with Gasteiger partial charge in [0, 0.05) is 0 Å². The molecule has 2 N–H and O–H groups in total. The predicted molar refractivity (Wildman–Crippen MR) is 95.2 cm³/mol. The fraction of sp³-hybridized carbons (Fsp3) is 0.333. The molecule has 23 heavy (non-hydrogen) atoms. The molecule has 0 saturated carbocycles. The van der Waals surface area contributed by atoms with Crippen LogP contribution in [0.1, 0.15) is 36.1 Å². The van der Waals surface area contributed by atoms with Crippen LogP contribution in [0.5, 0.6) is 5.75 Å². The van der Waals surface area contributed by atoms with Crippen molar-refractivity contribution in [3.63, 3.8) is 0 Å². The van der Waals surface area contributed by atoms with E-state index in [1.807, 2.05) is 26.8 Å². The fourth-order valence-electron chi connectivity index (χ4n) is 1.76. The van der Waals surface area contributed by atoms with Gasteiger partial charge in [0.1, 0.15) is 10.8 Å². The van der Waals surface area contributed by atoms with Crippen LogP contribution >= 0.6 is 23.6 Å². The van der Waals surface area contributed by atoms with Gasteiger partial charge >= 0.3 is 0 Å². The van der Waals surface area contributed by atoms with Gasteiger partial charge in [-0.3, -0.25) is 10.1 Å². The van der Waals surface area contributed by atoms with E-state index < -0.39 is 0 Å². The molecule has 0 aliphatic heterocycles. The molecule has 1 amide bonds. The molecule has 0 radical (unpaired) electrons. The lowest BCUT2D eigenvalue weighted by molar-refractivity contribution is 0.0972. The molecule has 8 heteroatoms. The van der Waals surface area contributed by atoms with Gasteiger partial charge in [0.05, 0.1) is 11.7 Å². The van der Waals surface area contributed by atoms with E-state index in [1.165, 1.54) is 11.3 Å². The van der Waals surface area contributed by atoms with Crippen molar-refractivity contribution in [1.82, 2.24) is 15.5 Å². The van der Waals surface area contributed by atoms with Crippen LogP contribution in [0.25, 0.3) is 0 Å². The van der Waals surface area contributed by atoms with Crippen LogP contribution in [0.15, 0.2) is 24.3 Å². The minimum absolute atomic E-state index is 0.0251. The third kappa shape index (κ3) is 4.97. The van der Waals surface area contributed by atoms with Gasteiger partial charge in [-0.1, -0.05) is 30.4 Å². The van der Waals surface area contributed by atoms with Crippen LogP contribution in [0.2, 0.25) is 0 Å². The van der Waals surface area contributed by atoms with Gasteiger partial charge in [0.15, 0.2) is 5.11 Å². The Bertz CT molecular complexity index is 700. The van der Waals surface area contributed by atoms with E-state index in [0.717, 1.165) is 11.4 Å². The van der Waals surface area contributed by atoms with E-state index in [9.17, 15) is 4.79 Å². The minimum atomic E-state index is -0.334. The van der Waals surface area contributed by atoms with E-state index in [1.54, 1.807) is 18.2 Å². The first kappa shape index (κ1) is 17.3. The smallest absolute Gasteiger partial charge is 0.261 e. The molecule has 0 aliphatic rings. The molecule has 0 bridgehead atoms. The number of hydrogen-bond acceptors (Lipinski definition) is 6. The lowest BCUT2D eigenvalue weighted by atomic mass is 10.2. The molecule has 2 aromatic rings. The molecular weight excluding hydrogens is 332 g/mol. The van der Waals surface area contributed by atoms with Crippen LogP contribution < -0.4 is 15.4 Å². The lowest BCUT2D eigenvalue weighted by Gasteiger charge is -2.14. The van der Waals surface area contributed by atoms with Crippen molar-refractivity contribution >= 4 is 39.7 Å². The van der Waals surface area contributed by atoms with Gasteiger partial charge in [-0.25, -0.2) is 0 Å². The summed E-state index contributed by atoms with van der Waals surface area (Å²) in [4.78, 5) is 12.4. The Labute approximate surface area is 144 Å². The molecule has 1 aromatic heterocycles. The third-order valence-electron chi connectivity index (χ3n) is 2.71. The first-order valence-electron chi connectivity index (χ1n) is 7.20. The van der Waals surface area contributed by atoms with Crippen molar-refractivity contribution in [3.05, 3.63) is 34.8 Å². The summed E-state index contributed by atoms with van der Waals surface area (Å²) in [6, 6.07) is 7.04. The second kappa shape index (κ2) is 7.98. The number of rotatable bonds is 5. The van der Waals surface area contributed by atoms with Crippen molar-refractivity contribution in [1.29, 1.82) is 0 Å². The van der Waals surface area contributed by atoms with E-state index >= 15 is 0 Å². The maximum Gasteiger partial charge on any atom is 0.261 e. The average Bonchev–Trinajstić information content (AvgIpc) is 2.94. The molecule has 0 fully saturated rings. The second-order valence-electron chi connectivity index (χ2n) is 4.93. The lowest BCUT2D eigenvalue weighted by Crippen LogP contribution is -2.34. The molecule has 1 heterocycles. The topological polar surface area (TPSA) is 76.1 Å². The van der Waals surface area contributed by atoms with E-state index in [0.29, 0.717) is 16.4 Å². The van der Waals surface area contributed by atoms with Crippen molar-refractivity contribution in [2.45, 2.75) is 33.3 Å². The number of nitrogens with one attached hydrogen (secondary N) is 2. The highest BCUT2D eigenvalue weighted by atomic mass is 32.1. The summed E-state index contributed by atoms with van der Waals surface area (Å²) < 4.78 is 5.64. The number of para-hydroxylation sites is 1. The fourth-order valence-corrected chi connectivity index (χ4v) is 2.69. The van der Waals surface area contributed by atoms with Gasteiger partial charge in [-0.05, 0) is 44.6 Å². The Balaban J connectivity index is 2.02. The Hall–Kier alpha value is -2.06. The van der Waals surface area contributed by atoms with Gasteiger partial charge in [-0.2, -0.15) is 0 Å². The van der Waals surface area contributed by atoms with Gasteiger partial charge < -0.3 is 10.1 Å². The summed E-state index contributed by atoms with van der Waals surface area (Å²) in [6.45, 7) is 5.80. The number of hydrogen-bond donors (Lipinski definition) is 2. The number of carbonyl (C=O) groups is 1. The molecular formula is C15H18N4O2S2. The summed E-state index contributed by atoms with van der Waals surface area (Å²) in [6.07, 6.45) is 0.779. The summed E-state index contributed by atoms with van der Waals surface area (Å²) in [5.74, 6) is 0.186. The van der Waals surface area contributed by atoms with Crippen molar-refractivity contribution in [2.24, 2.45) is 0 Å². The molecule has 0 unspecified atom stereocenters. The number of anilines is 1. The minimum Gasteiger partial charge on any atom is -0.490 e. The highest BCUT2D eigenvalue weighted by molar-refractivity contribution is 7.80. The van der Waals surface area contributed by atoms with Crippen molar-refractivity contribution < 1.29 is 9.53 Å². The van der Waals surface area contributed by atoms with Crippen LogP contribution in [0.3, 0.4) is 0 Å². The maximum atomic E-state index is 12.4. The Morgan fingerprint density at radius 2 is 2.09 bits per heavy atom. The molecule has 6 nitrogen and oxygen atoms in total. The van der Waals surface area contributed by atoms with Gasteiger partial charge in [0.2, 0.25) is 5.13 Å². The SMILES string of the molecule is CCc1nnc(NC(=S)NC(=O)c2ccccc2OC(C)C)s1. The number of carbonyl (C=O) groups excluding carboxylic acids is 1. The normalized spacial score (nSPS) is 10.4. The largest absolute Gasteiger partial charge is 0.490 e. The van der Waals surface area contributed by atoms with Crippen molar-refractivity contribution in [3.8, 4) is 5.75 Å². The number of ether oxygens (including phenoxy) is 1. The highest BCUT2D eigenvalue weighted by Gasteiger charge is 2.15. The summed E-state index contributed by atoms with van der Waals surface area (Å²) in [5.41, 5.74) is 0.428. The van der Waals surface area contributed by atoms with Gasteiger partial charge in [0.25, 0.3) is 5.91 Å². The summed E-state index contributed by atoms with van der Waals surface area (Å²) >= 11 is 6.54. The number of aryl methyl sites for hydroxylation is 1.